The van der Waals surface area contributed by atoms with Crippen LogP contribution in [0.3, 0.4) is 0 Å². The third-order valence-corrected chi connectivity index (χ3v) is 3.74. The first kappa shape index (κ1) is 14.5. The van der Waals surface area contributed by atoms with Crippen LogP contribution in [0.4, 0.5) is 0 Å². The third kappa shape index (κ3) is 2.98. The van der Waals surface area contributed by atoms with Crippen LogP contribution in [0.15, 0.2) is 18.3 Å². The average molecular weight is 276 g/mol. The van der Waals surface area contributed by atoms with Crippen LogP contribution < -0.4 is 0 Å². The minimum Gasteiger partial charge on any atom is -0.477 e. The molecular weight excluding hydrogens is 256 g/mol. The Morgan fingerprint density at radius 3 is 2.40 bits per heavy atom. The van der Waals surface area contributed by atoms with E-state index in [1.54, 1.807) is 6.07 Å². The van der Waals surface area contributed by atoms with E-state index >= 15 is 0 Å². The quantitative estimate of drug-likeness (QED) is 0.917. The summed E-state index contributed by atoms with van der Waals surface area (Å²) in [6.07, 6.45) is 5.78. The number of carbonyl (C=O) groups is 2. The van der Waals surface area contributed by atoms with E-state index in [2.05, 4.69) is 4.98 Å². The molecule has 0 aromatic carbocycles. The Morgan fingerprint density at radius 2 is 1.95 bits per heavy atom. The molecule has 0 unspecified atom stereocenters. The Balaban J connectivity index is 2.20. The van der Waals surface area contributed by atoms with Crippen molar-refractivity contribution in [3.8, 4) is 0 Å². The highest BCUT2D eigenvalue weighted by molar-refractivity contribution is 5.95. The number of hydrogen-bond acceptors (Lipinski definition) is 3. The molecule has 5 heteroatoms. The lowest BCUT2D eigenvalue weighted by atomic mass is 10.1. The van der Waals surface area contributed by atoms with Crippen molar-refractivity contribution < 1.29 is 14.7 Å². The van der Waals surface area contributed by atoms with E-state index in [1.807, 2.05) is 18.7 Å². The lowest BCUT2D eigenvalue weighted by Crippen LogP contribution is -2.43. The first-order valence-corrected chi connectivity index (χ1v) is 7.02. The molecule has 2 rings (SSSR count). The topological polar surface area (TPSA) is 70.5 Å². The summed E-state index contributed by atoms with van der Waals surface area (Å²) in [5, 5.41) is 8.83. The largest absolute Gasteiger partial charge is 0.477 e. The van der Waals surface area contributed by atoms with Crippen molar-refractivity contribution in [2.24, 2.45) is 0 Å². The fourth-order valence-electron chi connectivity index (χ4n) is 2.80. The number of carboxylic acids is 1. The second-order valence-corrected chi connectivity index (χ2v) is 5.48. The molecule has 1 aromatic rings. The smallest absolute Gasteiger partial charge is 0.354 e. The molecule has 1 aromatic heterocycles. The Kier molecular flexibility index (Phi) is 4.37. The molecule has 1 heterocycles. The normalized spacial score (nSPS) is 15.6. The summed E-state index contributed by atoms with van der Waals surface area (Å²) < 4.78 is 0. The number of aromatic nitrogens is 1. The van der Waals surface area contributed by atoms with E-state index < -0.39 is 5.97 Å². The number of hydrogen-bond donors (Lipinski definition) is 1. The van der Waals surface area contributed by atoms with Crippen LogP contribution in [-0.4, -0.2) is 39.0 Å². The Labute approximate surface area is 118 Å². The molecule has 1 fully saturated rings. The van der Waals surface area contributed by atoms with Crippen LogP contribution in [0.2, 0.25) is 0 Å². The van der Waals surface area contributed by atoms with Gasteiger partial charge in [0.1, 0.15) is 5.69 Å². The van der Waals surface area contributed by atoms with Gasteiger partial charge < -0.3 is 10.0 Å². The average Bonchev–Trinajstić information content (AvgIpc) is 2.92. The van der Waals surface area contributed by atoms with Gasteiger partial charge in [-0.25, -0.2) is 9.78 Å². The number of amides is 1. The van der Waals surface area contributed by atoms with Crippen LogP contribution in [0.25, 0.3) is 0 Å². The van der Waals surface area contributed by atoms with Gasteiger partial charge in [0.05, 0.1) is 5.56 Å². The van der Waals surface area contributed by atoms with E-state index in [1.165, 1.54) is 12.3 Å². The number of pyridine rings is 1. The van der Waals surface area contributed by atoms with Gasteiger partial charge in [0.25, 0.3) is 5.91 Å². The van der Waals surface area contributed by atoms with Gasteiger partial charge in [-0.05, 0) is 38.8 Å². The van der Waals surface area contributed by atoms with Crippen molar-refractivity contribution >= 4 is 11.9 Å². The molecule has 20 heavy (non-hydrogen) atoms. The second-order valence-electron chi connectivity index (χ2n) is 5.48. The number of carbonyl (C=O) groups excluding carboxylic acids is 1. The van der Waals surface area contributed by atoms with Gasteiger partial charge in [-0.15, -0.1) is 0 Å². The molecule has 1 saturated carbocycles. The number of rotatable bonds is 4. The maximum absolute atomic E-state index is 12.6. The van der Waals surface area contributed by atoms with Gasteiger partial charge in [0, 0.05) is 18.3 Å². The molecule has 0 atom stereocenters. The predicted molar refractivity (Wildman–Crippen MR) is 74.8 cm³/mol. The predicted octanol–water partition coefficient (Wildman–Crippen LogP) is 2.57. The Hall–Kier alpha value is -1.91. The minimum atomic E-state index is -1.08. The summed E-state index contributed by atoms with van der Waals surface area (Å²) in [4.78, 5) is 29.1. The molecule has 5 nitrogen and oxygen atoms in total. The monoisotopic (exact) mass is 276 g/mol. The van der Waals surface area contributed by atoms with Gasteiger partial charge >= 0.3 is 5.97 Å². The van der Waals surface area contributed by atoms with Crippen molar-refractivity contribution in [3.63, 3.8) is 0 Å². The molecule has 0 radical (unpaired) electrons. The van der Waals surface area contributed by atoms with Crippen LogP contribution in [0, 0.1) is 0 Å². The molecule has 1 aliphatic carbocycles. The lowest BCUT2D eigenvalue weighted by molar-refractivity contribution is 0.0610. The van der Waals surface area contributed by atoms with E-state index in [-0.39, 0.29) is 17.6 Å². The number of carboxylic acid groups (broad SMARTS) is 1. The molecule has 0 aliphatic heterocycles. The van der Waals surface area contributed by atoms with Gasteiger partial charge in [-0.2, -0.15) is 0 Å². The molecule has 1 aliphatic rings. The maximum Gasteiger partial charge on any atom is 0.354 e. The molecule has 0 bridgehead atoms. The Bertz CT molecular complexity index is 490. The maximum atomic E-state index is 12.6. The summed E-state index contributed by atoms with van der Waals surface area (Å²) in [6, 6.07) is 3.35. The minimum absolute atomic E-state index is 0.0430. The highest BCUT2D eigenvalue weighted by Crippen LogP contribution is 2.26. The van der Waals surface area contributed by atoms with Crippen molar-refractivity contribution in [1.29, 1.82) is 0 Å². The van der Waals surface area contributed by atoms with Crippen LogP contribution >= 0.6 is 0 Å². The molecule has 1 N–H and O–H groups in total. The van der Waals surface area contributed by atoms with Crippen LogP contribution in [0.5, 0.6) is 0 Å². The zero-order chi connectivity index (χ0) is 14.7. The molecular formula is C15H20N2O3. The fraction of sp³-hybridized carbons (Fsp3) is 0.533. The lowest BCUT2D eigenvalue weighted by Gasteiger charge is -2.32. The molecule has 1 amide bonds. The summed E-state index contributed by atoms with van der Waals surface area (Å²) >= 11 is 0. The number of nitrogens with zero attached hydrogens (tertiary/aromatic N) is 2. The van der Waals surface area contributed by atoms with Crippen molar-refractivity contribution in [1.82, 2.24) is 9.88 Å². The first-order valence-electron chi connectivity index (χ1n) is 7.02. The summed E-state index contributed by atoms with van der Waals surface area (Å²) in [6.45, 7) is 4.02. The van der Waals surface area contributed by atoms with Crippen LogP contribution in [-0.2, 0) is 0 Å². The summed E-state index contributed by atoms with van der Waals surface area (Å²) in [7, 11) is 0. The van der Waals surface area contributed by atoms with E-state index in [4.69, 9.17) is 5.11 Å². The van der Waals surface area contributed by atoms with Crippen LogP contribution in [0.1, 0.15) is 60.4 Å². The third-order valence-electron chi connectivity index (χ3n) is 3.74. The molecule has 0 saturated heterocycles. The Morgan fingerprint density at radius 1 is 1.30 bits per heavy atom. The standard InChI is InChI=1S/C15H20N2O3/c1-10(2)17(12-5-3-4-6-12)14(18)11-7-8-13(15(19)20)16-9-11/h7-10,12H,3-6H2,1-2H3,(H,19,20). The van der Waals surface area contributed by atoms with Gasteiger partial charge in [-0.3, -0.25) is 4.79 Å². The SMILES string of the molecule is CC(C)N(C(=O)c1ccc(C(=O)O)nc1)C1CCCC1. The highest BCUT2D eigenvalue weighted by atomic mass is 16.4. The zero-order valence-corrected chi connectivity index (χ0v) is 11.9. The fourth-order valence-corrected chi connectivity index (χ4v) is 2.80. The van der Waals surface area contributed by atoms with Gasteiger partial charge in [0.2, 0.25) is 0 Å². The molecule has 108 valence electrons. The van der Waals surface area contributed by atoms with E-state index in [9.17, 15) is 9.59 Å². The summed E-state index contributed by atoms with van der Waals surface area (Å²) in [5.74, 6) is -1.14. The van der Waals surface area contributed by atoms with Crippen molar-refractivity contribution in [2.45, 2.75) is 51.6 Å². The van der Waals surface area contributed by atoms with E-state index in [0.717, 1.165) is 25.7 Å². The second kappa shape index (κ2) is 6.03. The van der Waals surface area contributed by atoms with Gasteiger partial charge in [-0.1, -0.05) is 12.8 Å². The first-order chi connectivity index (χ1) is 9.50. The number of aromatic carboxylic acids is 1. The highest BCUT2D eigenvalue weighted by Gasteiger charge is 2.29. The van der Waals surface area contributed by atoms with Crippen molar-refractivity contribution in [2.75, 3.05) is 0 Å². The zero-order valence-electron chi connectivity index (χ0n) is 11.9. The van der Waals surface area contributed by atoms with E-state index in [0.29, 0.717) is 11.6 Å². The molecule has 0 spiro atoms. The van der Waals surface area contributed by atoms with Gasteiger partial charge in [0.15, 0.2) is 0 Å². The summed E-state index contributed by atoms with van der Waals surface area (Å²) in [5.41, 5.74) is 0.411. The van der Waals surface area contributed by atoms with Crippen molar-refractivity contribution in [3.05, 3.63) is 29.6 Å².